The number of nitrogens with zero attached hydrogens (tertiary/aromatic N) is 4. The Morgan fingerprint density at radius 1 is 1.00 bits per heavy atom. The molecule has 1 rings (SSSR count). The molecule has 0 spiro atoms. The van der Waals surface area contributed by atoms with Crippen LogP contribution < -0.4 is 4.90 Å². The number of rotatable bonds is 7. The van der Waals surface area contributed by atoms with Crippen LogP contribution in [-0.2, 0) is 0 Å². The van der Waals surface area contributed by atoms with Gasteiger partial charge in [0.2, 0.25) is 16.5 Å². The Labute approximate surface area is 118 Å². The van der Waals surface area contributed by atoms with E-state index >= 15 is 0 Å². The minimum Gasteiger partial charge on any atom is -0.341 e. The average Bonchev–Trinajstić information content (AvgIpc) is 2.25. The molecule has 0 unspecified atom stereocenters. The molecule has 0 radical (unpaired) electrons. The first-order chi connectivity index (χ1) is 9.64. The molecular formula is C11H18Cl2N4. The first-order valence-corrected chi connectivity index (χ1v) is 6.27. The third-order valence-corrected chi connectivity index (χ3v) is 2.15. The van der Waals surface area contributed by atoms with Crippen molar-refractivity contribution in [1.29, 1.82) is 0 Å². The quantitative estimate of drug-likeness (QED) is 0.766. The van der Waals surface area contributed by atoms with E-state index in [-0.39, 0.29) is 29.4 Å². The van der Waals surface area contributed by atoms with E-state index in [1.807, 2.05) is 13.8 Å². The molecule has 0 atom stereocenters. The summed E-state index contributed by atoms with van der Waals surface area (Å²) in [4.78, 5) is 12.2. The van der Waals surface area contributed by atoms with E-state index in [4.69, 9.17) is 28.7 Å². The molecule has 0 aliphatic rings. The molecule has 0 bridgehead atoms. The molecule has 0 fully saturated rings. The fraction of sp³-hybridized carbons (Fsp3) is 0.727. The predicted molar refractivity (Wildman–Crippen MR) is 71.9 cm³/mol. The summed E-state index contributed by atoms with van der Waals surface area (Å²) in [6.45, 7) is -0.305. The maximum Gasteiger partial charge on any atom is 0.230 e. The van der Waals surface area contributed by atoms with Gasteiger partial charge in [0.1, 0.15) is 0 Å². The van der Waals surface area contributed by atoms with E-state index in [0.717, 1.165) is 4.90 Å². The number of aromatic nitrogens is 3. The Hall–Kier alpha value is -0.610. The average molecular weight is 281 g/mol. The van der Waals surface area contributed by atoms with Crippen molar-refractivity contribution in [2.24, 2.45) is 0 Å². The minimum atomic E-state index is -1.97. The van der Waals surface area contributed by atoms with Crippen LogP contribution >= 0.6 is 23.2 Å². The molecule has 0 aromatic carbocycles. The summed E-state index contributed by atoms with van der Waals surface area (Å²) in [7, 11) is 0. The predicted octanol–water partition coefficient (Wildman–Crippen LogP) is 3.59. The molecule has 17 heavy (non-hydrogen) atoms. The van der Waals surface area contributed by atoms with Gasteiger partial charge in [0.25, 0.3) is 0 Å². The molecule has 0 saturated heterocycles. The van der Waals surface area contributed by atoms with Crippen LogP contribution in [0.4, 0.5) is 5.95 Å². The number of halogens is 2. The molecule has 96 valence electrons. The van der Waals surface area contributed by atoms with Crippen molar-refractivity contribution in [3.05, 3.63) is 10.6 Å². The summed E-state index contributed by atoms with van der Waals surface area (Å²) in [5, 5.41) is -0.399. The van der Waals surface area contributed by atoms with Crippen molar-refractivity contribution in [3.63, 3.8) is 0 Å². The summed E-state index contributed by atoms with van der Waals surface area (Å²) in [6.07, 6.45) is 1.32. The second-order valence-corrected chi connectivity index (χ2v) is 4.00. The SMILES string of the molecule is [2H]C([2H])(CCC)N(c1nc(Cl)nc(Cl)n1)C([2H])([2H])CCC. The summed E-state index contributed by atoms with van der Waals surface area (Å²) >= 11 is 11.5. The second kappa shape index (κ2) is 7.67. The van der Waals surface area contributed by atoms with Crippen molar-refractivity contribution in [2.45, 2.75) is 39.5 Å². The Bertz CT molecular complexity index is 449. The van der Waals surface area contributed by atoms with Crippen molar-refractivity contribution in [3.8, 4) is 0 Å². The highest BCUT2D eigenvalue weighted by atomic mass is 35.5. The topological polar surface area (TPSA) is 41.9 Å². The fourth-order valence-corrected chi connectivity index (χ4v) is 1.42. The van der Waals surface area contributed by atoms with Gasteiger partial charge in [-0.05, 0) is 36.0 Å². The molecule has 1 aromatic heterocycles. The highest BCUT2D eigenvalue weighted by Crippen LogP contribution is 2.15. The van der Waals surface area contributed by atoms with E-state index in [1.54, 1.807) is 0 Å². The highest BCUT2D eigenvalue weighted by Gasteiger charge is 2.11. The third-order valence-electron chi connectivity index (χ3n) is 1.81. The van der Waals surface area contributed by atoms with Gasteiger partial charge in [-0.2, -0.15) is 15.0 Å². The van der Waals surface area contributed by atoms with Crippen LogP contribution in [0.25, 0.3) is 0 Å². The zero-order chi connectivity index (χ0) is 16.3. The largest absolute Gasteiger partial charge is 0.341 e. The first-order valence-electron chi connectivity index (χ1n) is 7.51. The van der Waals surface area contributed by atoms with E-state index in [2.05, 4.69) is 15.0 Å². The smallest absolute Gasteiger partial charge is 0.230 e. The van der Waals surface area contributed by atoms with Gasteiger partial charge in [-0.25, -0.2) is 0 Å². The molecule has 0 saturated carbocycles. The lowest BCUT2D eigenvalue weighted by molar-refractivity contribution is 0.661. The van der Waals surface area contributed by atoms with E-state index < -0.39 is 13.0 Å². The molecule has 6 heteroatoms. The van der Waals surface area contributed by atoms with E-state index in [0.29, 0.717) is 12.8 Å². The van der Waals surface area contributed by atoms with Crippen LogP contribution in [0.5, 0.6) is 0 Å². The Balaban J connectivity index is 3.37. The third kappa shape index (κ3) is 5.04. The number of anilines is 1. The Kier molecular flexibility index (Phi) is 4.21. The molecule has 0 aliphatic heterocycles. The van der Waals surface area contributed by atoms with Crippen LogP contribution in [0.15, 0.2) is 0 Å². The van der Waals surface area contributed by atoms with Gasteiger partial charge < -0.3 is 4.90 Å². The Morgan fingerprint density at radius 2 is 1.47 bits per heavy atom. The maximum absolute atomic E-state index is 8.16. The summed E-state index contributed by atoms with van der Waals surface area (Å²) in [5.41, 5.74) is 0. The Morgan fingerprint density at radius 3 is 1.88 bits per heavy atom. The lowest BCUT2D eigenvalue weighted by Gasteiger charge is -2.22. The minimum absolute atomic E-state index is 0.122. The van der Waals surface area contributed by atoms with Crippen molar-refractivity contribution >= 4 is 29.2 Å². The second-order valence-electron chi connectivity index (χ2n) is 3.33. The molecule has 4 nitrogen and oxygen atoms in total. The van der Waals surface area contributed by atoms with Crippen LogP contribution in [0.1, 0.15) is 45.0 Å². The van der Waals surface area contributed by atoms with Gasteiger partial charge in [-0.15, -0.1) is 0 Å². The van der Waals surface area contributed by atoms with Gasteiger partial charge in [0.15, 0.2) is 0 Å². The van der Waals surface area contributed by atoms with Gasteiger partial charge >= 0.3 is 0 Å². The van der Waals surface area contributed by atoms with Gasteiger partial charge in [0.05, 0.1) is 0 Å². The molecule has 0 amide bonds. The lowest BCUT2D eigenvalue weighted by Crippen LogP contribution is -2.27. The summed E-state index contributed by atoms with van der Waals surface area (Å²) in [5.74, 6) is -0.197. The standard InChI is InChI=1S/C11H18Cl2N4/c1-3-5-7-17(8-6-4-2)11-15-9(12)14-10(13)16-11/h3-8H2,1-2H3/i7D2,8D2. The van der Waals surface area contributed by atoms with Crippen molar-refractivity contribution < 1.29 is 5.48 Å². The number of hydrogen-bond donors (Lipinski definition) is 0. The summed E-state index contributed by atoms with van der Waals surface area (Å²) in [6, 6.07) is 0. The van der Waals surface area contributed by atoms with Gasteiger partial charge in [0, 0.05) is 18.5 Å². The lowest BCUT2D eigenvalue weighted by atomic mass is 10.3. The van der Waals surface area contributed by atoms with E-state index in [1.165, 1.54) is 0 Å². The molecule has 1 heterocycles. The van der Waals surface area contributed by atoms with Gasteiger partial charge in [-0.3, -0.25) is 0 Å². The van der Waals surface area contributed by atoms with Crippen LogP contribution in [-0.4, -0.2) is 27.9 Å². The monoisotopic (exact) mass is 280 g/mol. The normalized spacial score (nSPS) is 15.8. The van der Waals surface area contributed by atoms with Crippen LogP contribution in [0.3, 0.4) is 0 Å². The molecule has 0 N–H and O–H groups in total. The zero-order valence-corrected chi connectivity index (χ0v) is 11.4. The maximum atomic E-state index is 8.16. The van der Waals surface area contributed by atoms with Gasteiger partial charge in [-0.1, -0.05) is 26.7 Å². The molecule has 0 aliphatic carbocycles. The molecule has 1 aromatic rings. The first kappa shape index (κ1) is 9.34. The van der Waals surface area contributed by atoms with Crippen molar-refractivity contribution in [1.82, 2.24) is 15.0 Å². The van der Waals surface area contributed by atoms with Crippen LogP contribution in [0, 0.1) is 0 Å². The fourth-order valence-electron chi connectivity index (χ4n) is 1.06. The van der Waals surface area contributed by atoms with Crippen LogP contribution in [0.2, 0.25) is 10.6 Å². The highest BCUT2D eigenvalue weighted by molar-refractivity contribution is 6.31. The molecular weight excluding hydrogens is 259 g/mol. The zero-order valence-electron chi connectivity index (χ0n) is 13.9. The summed E-state index contributed by atoms with van der Waals surface area (Å²) < 4.78 is 32.6. The van der Waals surface area contributed by atoms with E-state index in [9.17, 15) is 0 Å². The number of hydrogen-bond acceptors (Lipinski definition) is 4. The van der Waals surface area contributed by atoms with Crippen molar-refractivity contribution in [2.75, 3.05) is 17.9 Å².